The summed E-state index contributed by atoms with van der Waals surface area (Å²) in [5.41, 5.74) is 0.393. The fourth-order valence-electron chi connectivity index (χ4n) is 1.13. The third kappa shape index (κ3) is 4.18. The smallest absolute Gasteiger partial charge is 0.297 e. The fraction of sp³-hybridized carbons (Fsp3) is 0.300. The molecule has 0 fully saturated rings. The van der Waals surface area contributed by atoms with Crippen LogP contribution in [0.15, 0.2) is 29.2 Å². The van der Waals surface area contributed by atoms with Crippen molar-refractivity contribution < 1.29 is 18.0 Å². The summed E-state index contributed by atoms with van der Waals surface area (Å²) in [7, 11) is 1.27. The fourth-order valence-corrected chi connectivity index (χ4v) is 1.54. The maximum atomic E-state index is 11.9. The topological polar surface area (TPSA) is 32.3 Å². The van der Waals surface area contributed by atoms with Gasteiger partial charge in [0.15, 0.2) is 0 Å². The highest BCUT2D eigenvalue weighted by atomic mass is 32.2. The number of amides is 2. The summed E-state index contributed by atoms with van der Waals surface area (Å²) < 4.78 is 35.8. The van der Waals surface area contributed by atoms with Crippen LogP contribution in [-0.2, 0) is 0 Å². The minimum Gasteiger partial charge on any atom is -0.297 e. The van der Waals surface area contributed by atoms with Gasteiger partial charge in [0.05, 0.1) is 0 Å². The van der Waals surface area contributed by atoms with Crippen molar-refractivity contribution in [2.24, 2.45) is 0 Å². The number of hydrogen-bond acceptors (Lipinski definition) is 2. The third-order valence-electron chi connectivity index (χ3n) is 2.01. The molecule has 1 aromatic rings. The number of nitrogens with one attached hydrogen (secondary N) is 1. The Morgan fingerprint density at radius 3 is 2.24 bits per heavy atom. The van der Waals surface area contributed by atoms with Gasteiger partial charge in [-0.1, -0.05) is 0 Å². The molecule has 2 amide bonds. The maximum absolute atomic E-state index is 11.9. The predicted molar refractivity (Wildman–Crippen MR) is 61.2 cm³/mol. The molecule has 0 bridgehead atoms. The van der Waals surface area contributed by atoms with Crippen LogP contribution in [-0.4, -0.2) is 25.6 Å². The van der Waals surface area contributed by atoms with Crippen molar-refractivity contribution in [1.82, 2.24) is 5.32 Å². The van der Waals surface area contributed by atoms with Crippen molar-refractivity contribution in [2.45, 2.75) is 11.2 Å². The first-order valence-corrected chi connectivity index (χ1v) is 5.82. The molecule has 0 heterocycles. The van der Waals surface area contributed by atoms with Crippen LogP contribution in [0.1, 0.15) is 0 Å². The van der Waals surface area contributed by atoms with E-state index in [1.807, 2.05) is 6.26 Å². The number of rotatable bonds is 2. The molecule has 0 atom stereocenters. The molecule has 1 rings (SSSR count). The Bertz CT molecular complexity index is 392. The summed E-state index contributed by atoms with van der Waals surface area (Å²) in [6, 6.07) is 5.42. The summed E-state index contributed by atoms with van der Waals surface area (Å²) >= 11 is 1.51. The normalized spacial score (nSPS) is 11.1. The van der Waals surface area contributed by atoms with Crippen LogP contribution in [0.25, 0.3) is 0 Å². The molecule has 0 radical (unpaired) electrons. The van der Waals surface area contributed by atoms with Gasteiger partial charge in [-0.05, 0) is 30.5 Å². The van der Waals surface area contributed by atoms with Crippen LogP contribution in [0.2, 0.25) is 0 Å². The van der Waals surface area contributed by atoms with E-state index >= 15 is 0 Å². The van der Waals surface area contributed by atoms with Gasteiger partial charge < -0.3 is 0 Å². The van der Waals surface area contributed by atoms with Gasteiger partial charge in [0.2, 0.25) is 0 Å². The monoisotopic (exact) mass is 264 g/mol. The first-order chi connectivity index (χ1) is 7.83. The van der Waals surface area contributed by atoms with E-state index in [-0.39, 0.29) is 0 Å². The number of urea groups is 1. The van der Waals surface area contributed by atoms with Crippen molar-refractivity contribution in [1.29, 1.82) is 0 Å². The van der Waals surface area contributed by atoms with Crippen LogP contribution in [0.3, 0.4) is 0 Å². The molecular formula is C10H11F3N2OS. The van der Waals surface area contributed by atoms with Gasteiger partial charge in [0.25, 0.3) is 0 Å². The highest BCUT2D eigenvalue weighted by molar-refractivity contribution is 7.98. The summed E-state index contributed by atoms with van der Waals surface area (Å²) in [6.45, 7) is 0. The number of anilines is 1. The Labute approximate surface area is 101 Å². The van der Waals surface area contributed by atoms with Crippen molar-refractivity contribution in [3.8, 4) is 0 Å². The Hall–Kier alpha value is -1.37. The van der Waals surface area contributed by atoms with E-state index in [0.29, 0.717) is 5.69 Å². The van der Waals surface area contributed by atoms with Gasteiger partial charge >= 0.3 is 12.3 Å². The van der Waals surface area contributed by atoms with E-state index in [0.717, 1.165) is 15.1 Å². The Kier molecular flexibility index (Phi) is 4.28. The molecule has 94 valence electrons. The highest BCUT2D eigenvalue weighted by Crippen LogP contribution is 2.20. The zero-order valence-corrected chi connectivity index (χ0v) is 10.0. The van der Waals surface area contributed by atoms with E-state index < -0.39 is 12.3 Å². The van der Waals surface area contributed by atoms with Crippen molar-refractivity contribution >= 4 is 23.5 Å². The Balaban J connectivity index is 2.74. The van der Waals surface area contributed by atoms with Crippen molar-refractivity contribution in [2.75, 3.05) is 18.2 Å². The predicted octanol–water partition coefficient (Wildman–Crippen LogP) is 3.07. The zero-order valence-electron chi connectivity index (χ0n) is 9.21. The summed E-state index contributed by atoms with van der Waals surface area (Å²) in [6.07, 6.45) is -2.83. The molecule has 7 heteroatoms. The summed E-state index contributed by atoms with van der Waals surface area (Å²) in [4.78, 5) is 13.1. The molecule has 17 heavy (non-hydrogen) atoms. The number of hydrogen-bond donors (Lipinski definition) is 1. The molecular weight excluding hydrogens is 253 g/mol. The van der Waals surface area contributed by atoms with Gasteiger partial charge in [0.1, 0.15) is 0 Å². The number of halogens is 3. The molecule has 3 nitrogen and oxygen atoms in total. The van der Waals surface area contributed by atoms with E-state index in [2.05, 4.69) is 0 Å². The third-order valence-corrected chi connectivity index (χ3v) is 2.76. The first kappa shape index (κ1) is 13.7. The van der Waals surface area contributed by atoms with Gasteiger partial charge in [-0.3, -0.25) is 4.90 Å². The van der Waals surface area contributed by atoms with Crippen LogP contribution < -0.4 is 10.2 Å². The van der Waals surface area contributed by atoms with E-state index in [9.17, 15) is 18.0 Å². The lowest BCUT2D eigenvalue weighted by atomic mass is 10.3. The van der Waals surface area contributed by atoms with Gasteiger partial charge in [-0.15, -0.1) is 11.8 Å². The minimum absolute atomic E-state index is 0.393. The van der Waals surface area contributed by atoms with E-state index in [4.69, 9.17) is 0 Å². The molecule has 0 aliphatic carbocycles. The quantitative estimate of drug-likeness (QED) is 0.657. The number of benzene rings is 1. The second kappa shape index (κ2) is 5.31. The van der Waals surface area contributed by atoms with E-state index in [1.54, 1.807) is 24.3 Å². The lowest BCUT2D eigenvalue weighted by molar-refractivity contribution is -0.145. The molecule has 0 unspecified atom stereocenters. The average molecular weight is 264 g/mol. The molecule has 0 aliphatic rings. The highest BCUT2D eigenvalue weighted by Gasteiger charge is 2.31. The van der Waals surface area contributed by atoms with Gasteiger partial charge in [-0.25, -0.2) is 10.1 Å². The lowest BCUT2D eigenvalue weighted by Crippen LogP contribution is -2.45. The van der Waals surface area contributed by atoms with Gasteiger partial charge in [-0.2, -0.15) is 13.2 Å². The van der Waals surface area contributed by atoms with Crippen molar-refractivity contribution in [3.05, 3.63) is 24.3 Å². The largest absolute Gasteiger partial charge is 0.485 e. The molecule has 0 saturated carbocycles. The number of nitrogens with zero attached hydrogens (tertiary/aromatic N) is 1. The lowest BCUT2D eigenvalue weighted by Gasteiger charge is -2.19. The second-order valence-corrected chi connectivity index (χ2v) is 4.06. The molecule has 1 aromatic carbocycles. The molecule has 0 saturated heterocycles. The molecule has 0 aromatic heterocycles. The maximum Gasteiger partial charge on any atom is 0.485 e. The molecule has 0 aliphatic heterocycles. The SMILES string of the molecule is CSc1ccc(N(C)C(=O)NC(F)(F)F)cc1. The molecule has 1 N–H and O–H groups in total. The first-order valence-electron chi connectivity index (χ1n) is 4.60. The zero-order chi connectivity index (χ0) is 13.1. The average Bonchev–Trinajstić information content (AvgIpc) is 2.26. The van der Waals surface area contributed by atoms with Crippen LogP contribution in [0.5, 0.6) is 0 Å². The van der Waals surface area contributed by atoms with Crippen LogP contribution in [0, 0.1) is 0 Å². The Morgan fingerprint density at radius 1 is 1.29 bits per heavy atom. The summed E-state index contributed by atoms with van der Waals surface area (Å²) in [5, 5.41) is 0.928. The second-order valence-electron chi connectivity index (χ2n) is 3.18. The van der Waals surface area contributed by atoms with Crippen LogP contribution >= 0.6 is 11.8 Å². The Morgan fingerprint density at radius 2 is 1.82 bits per heavy atom. The minimum atomic E-state index is -4.72. The van der Waals surface area contributed by atoms with Crippen molar-refractivity contribution in [3.63, 3.8) is 0 Å². The van der Waals surface area contributed by atoms with E-state index in [1.165, 1.54) is 18.8 Å². The standard InChI is InChI=1S/C10H11F3N2OS/c1-15(9(16)14-10(11,12)13)7-3-5-8(17-2)6-4-7/h3-6H,1-2H3,(H,14,16). The number of thioether (sulfide) groups is 1. The number of carbonyl (C=O) groups excluding carboxylic acids is 1. The summed E-state index contributed by atoms with van der Waals surface area (Å²) in [5.74, 6) is 0. The molecule has 0 spiro atoms. The number of alkyl halides is 3. The van der Waals surface area contributed by atoms with Crippen LogP contribution in [0.4, 0.5) is 23.7 Å². The van der Waals surface area contributed by atoms with Gasteiger partial charge in [0, 0.05) is 17.6 Å². The number of carbonyl (C=O) groups is 1.